The molecule has 2 N–H and O–H groups in total. The molecule has 0 bridgehead atoms. The fourth-order valence-corrected chi connectivity index (χ4v) is 2.07. The molecule has 0 aliphatic rings. The highest BCUT2D eigenvalue weighted by molar-refractivity contribution is 7.11. The minimum atomic E-state index is -1.06. The van der Waals surface area contributed by atoms with E-state index in [2.05, 4.69) is 15.5 Å². The number of aliphatic carboxylic acids is 1. The predicted octanol–water partition coefficient (Wildman–Crippen LogP) is 1.78. The second-order valence-corrected chi connectivity index (χ2v) is 6.42. The summed E-state index contributed by atoms with van der Waals surface area (Å²) in [7, 11) is 0. The van der Waals surface area contributed by atoms with Crippen LogP contribution in [-0.4, -0.2) is 27.2 Å². The van der Waals surface area contributed by atoms with Crippen molar-refractivity contribution in [1.82, 2.24) is 15.5 Å². The van der Waals surface area contributed by atoms with E-state index in [1.54, 1.807) is 0 Å². The zero-order valence-corrected chi connectivity index (χ0v) is 12.4. The highest BCUT2D eigenvalue weighted by atomic mass is 32.1. The average Bonchev–Trinajstić information content (AvgIpc) is 2.74. The van der Waals surface area contributed by atoms with Gasteiger partial charge in [-0.3, -0.25) is 9.59 Å². The topological polar surface area (TPSA) is 92.2 Å². The van der Waals surface area contributed by atoms with Gasteiger partial charge in [0.15, 0.2) is 0 Å². The molecule has 7 heteroatoms. The summed E-state index contributed by atoms with van der Waals surface area (Å²) in [4.78, 5) is 22.6. The number of rotatable bonds is 6. The van der Waals surface area contributed by atoms with Crippen molar-refractivity contribution < 1.29 is 14.7 Å². The van der Waals surface area contributed by atoms with E-state index < -0.39 is 11.4 Å². The first-order chi connectivity index (χ1) is 8.72. The molecule has 1 heterocycles. The number of amides is 1. The van der Waals surface area contributed by atoms with Crippen LogP contribution in [0.3, 0.4) is 0 Å². The van der Waals surface area contributed by atoms with Gasteiger partial charge >= 0.3 is 5.97 Å². The van der Waals surface area contributed by atoms with Crippen molar-refractivity contribution in [2.45, 2.75) is 46.6 Å². The van der Waals surface area contributed by atoms with E-state index in [0.29, 0.717) is 12.5 Å². The van der Waals surface area contributed by atoms with Gasteiger partial charge in [0.05, 0.1) is 12.0 Å². The summed E-state index contributed by atoms with van der Waals surface area (Å²) in [5.41, 5.74) is -1.06. The standard InChI is InChI=1S/C12H19N3O3S/c1-7(2)10-15-14-9(19-10)6-13-8(16)5-12(3,4)11(17)18/h7H,5-6H2,1-4H3,(H,13,16)(H,17,18). The van der Waals surface area contributed by atoms with Gasteiger partial charge in [0.1, 0.15) is 10.0 Å². The van der Waals surface area contributed by atoms with Gasteiger partial charge in [-0.25, -0.2) is 0 Å². The quantitative estimate of drug-likeness (QED) is 0.831. The predicted molar refractivity (Wildman–Crippen MR) is 71.9 cm³/mol. The van der Waals surface area contributed by atoms with Crippen molar-refractivity contribution in [3.05, 3.63) is 10.0 Å². The molecule has 0 aliphatic carbocycles. The first kappa shape index (κ1) is 15.6. The summed E-state index contributed by atoms with van der Waals surface area (Å²) >= 11 is 1.45. The Bertz CT molecular complexity index is 469. The van der Waals surface area contributed by atoms with Crippen LogP contribution in [0.4, 0.5) is 0 Å². The molecule has 0 aromatic carbocycles. The van der Waals surface area contributed by atoms with Gasteiger partial charge in [0.2, 0.25) is 5.91 Å². The largest absolute Gasteiger partial charge is 0.481 e. The SMILES string of the molecule is CC(C)c1nnc(CNC(=O)CC(C)(C)C(=O)O)s1. The Morgan fingerprint density at radius 2 is 2.00 bits per heavy atom. The van der Waals surface area contributed by atoms with E-state index in [-0.39, 0.29) is 12.3 Å². The number of aromatic nitrogens is 2. The summed E-state index contributed by atoms with van der Waals surface area (Å²) < 4.78 is 0. The third kappa shape index (κ3) is 4.59. The summed E-state index contributed by atoms with van der Waals surface area (Å²) in [6, 6.07) is 0. The van der Waals surface area contributed by atoms with Crippen LogP contribution in [0.1, 0.15) is 50.0 Å². The van der Waals surface area contributed by atoms with Crippen molar-refractivity contribution >= 4 is 23.2 Å². The van der Waals surface area contributed by atoms with Crippen molar-refractivity contribution in [1.29, 1.82) is 0 Å². The Labute approximate surface area is 116 Å². The number of hydrogen-bond donors (Lipinski definition) is 2. The summed E-state index contributed by atoms with van der Waals surface area (Å²) in [6.45, 7) is 7.39. The van der Waals surface area contributed by atoms with Crippen molar-refractivity contribution in [3.63, 3.8) is 0 Å². The number of carbonyl (C=O) groups excluding carboxylic acids is 1. The van der Waals surface area contributed by atoms with E-state index in [1.807, 2.05) is 13.8 Å². The third-order valence-electron chi connectivity index (χ3n) is 2.59. The lowest BCUT2D eigenvalue weighted by molar-refractivity contribution is -0.149. The molecule has 0 unspecified atom stereocenters. The fraction of sp³-hybridized carbons (Fsp3) is 0.667. The molecule has 1 amide bonds. The van der Waals surface area contributed by atoms with Crippen LogP contribution in [0.15, 0.2) is 0 Å². The third-order valence-corrected chi connectivity index (χ3v) is 3.82. The lowest BCUT2D eigenvalue weighted by Crippen LogP contribution is -2.33. The smallest absolute Gasteiger partial charge is 0.309 e. The second kappa shape index (κ2) is 6.10. The van der Waals surface area contributed by atoms with Crippen molar-refractivity contribution in [2.75, 3.05) is 0 Å². The van der Waals surface area contributed by atoms with Crippen LogP contribution in [-0.2, 0) is 16.1 Å². The minimum absolute atomic E-state index is 0.0574. The maximum atomic E-state index is 11.7. The molecule has 106 valence electrons. The Morgan fingerprint density at radius 1 is 1.37 bits per heavy atom. The van der Waals surface area contributed by atoms with Gasteiger partial charge < -0.3 is 10.4 Å². The maximum Gasteiger partial charge on any atom is 0.309 e. The lowest BCUT2D eigenvalue weighted by atomic mass is 9.89. The van der Waals surface area contributed by atoms with Crippen LogP contribution in [0.5, 0.6) is 0 Å². The molecular formula is C12H19N3O3S. The van der Waals surface area contributed by atoms with Gasteiger partial charge in [-0.2, -0.15) is 0 Å². The average molecular weight is 285 g/mol. The van der Waals surface area contributed by atoms with Crippen molar-refractivity contribution in [3.8, 4) is 0 Å². The highest BCUT2D eigenvalue weighted by Gasteiger charge is 2.30. The van der Waals surface area contributed by atoms with Crippen LogP contribution >= 0.6 is 11.3 Å². The van der Waals surface area contributed by atoms with Gasteiger partial charge in [0, 0.05) is 12.3 Å². The Morgan fingerprint density at radius 3 is 2.47 bits per heavy atom. The van der Waals surface area contributed by atoms with E-state index >= 15 is 0 Å². The van der Waals surface area contributed by atoms with Gasteiger partial charge in [-0.05, 0) is 13.8 Å². The van der Waals surface area contributed by atoms with E-state index in [9.17, 15) is 9.59 Å². The number of nitrogens with zero attached hydrogens (tertiary/aromatic N) is 2. The number of nitrogens with one attached hydrogen (secondary N) is 1. The summed E-state index contributed by atoms with van der Waals surface area (Å²) in [6.07, 6.45) is -0.0574. The molecule has 1 rings (SSSR count). The van der Waals surface area contributed by atoms with Crippen LogP contribution in [0.25, 0.3) is 0 Å². The summed E-state index contributed by atoms with van der Waals surface area (Å²) in [5, 5.41) is 21.3. The molecular weight excluding hydrogens is 266 g/mol. The van der Waals surface area contributed by atoms with Crippen LogP contribution in [0, 0.1) is 5.41 Å². The fourth-order valence-electron chi connectivity index (χ4n) is 1.29. The zero-order valence-electron chi connectivity index (χ0n) is 11.6. The second-order valence-electron chi connectivity index (χ2n) is 5.33. The normalized spacial score (nSPS) is 11.6. The first-order valence-electron chi connectivity index (χ1n) is 6.04. The molecule has 6 nitrogen and oxygen atoms in total. The number of carboxylic acids is 1. The van der Waals surface area contributed by atoms with Crippen molar-refractivity contribution in [2.24, 2.45) is 5.41 Å². The summed E-state index contributed by atoms with van der Waals surface area (Å²) in [5.74, 6) is -0.970. The van der Waals surface area contributed by atoms with E-state index in [4.69, 9.17) is 5.11 Å². The van der Waals surface area contributed by atoms with Gasteiger partial charge in [-0.15, -0.1) is 10.2 Å². The maximum absolute atomic E-state index is 11.7. The van der Waals surface area contributed by atoms with E-state index in [1.165, 1.54) is 25.2 Å². The van der Waals surface area contributed by atoms with Gasteiger partial charge in [-0.1, -0.05) is 25.2 Å². The Hall–Kier alpha value is -1.50. The van der Waals surface area contributed by atoms with Crippen LogP contribution in [0.2, 0.25) is 0 Å². The monoisotopic (exact) mass is 285 g/mol. The lowest BCUT2D eigenvalue weighted by Gasteiger charge is -2.17. The molecule has 19 heavy (non-hydrogen) atoms. The molecule has 0 saturated carbocycles. The number of carbonyl (C=O) groups is 2. The molecule has 0 radical (unpaired) electrons. The minimum Gasteiger partial charge on any atom is -0.481 e. The molecule has 0 atom stereocenters. The first-order valence-corrected chi connectivity index (χ1v) is 6.86. The van der Waals surface area contributed by atoms with Crippen LogP contribution < -0.4 is 5.32 Å². The molecule has 0 spiro atoms. The molecule has 0 saturated heterocycles. The number of carboxylic acid groups (broad SMARTS) is 1. The molecule has 1 aromatic rings. The Balaban J connectivity index is 2.48. The molecule has 0 aliphatic heterocycles. The number of hydrogen-bond acceptors (Lipinski definition) is 5. The highest BCUT2D eigenvalue weighted by Crippen LogP contribution is 2.21. The Kier molecular flexibility index (Phi) is 4.99. The van der Waals surface area contributed by atoms with Gasteiger partial charge in [0.25, 0.3) is 0 Å². The van der Waals surface area contributed by atoms with E-state index in [0.717, 1.165) is 10.0 Å². The zero-order chi connectivity index (χ0) is 14.6. The molecule has 1 aromatic heterocycles. The molecule has 0 fully saturated rings.